The number of sulfonamides is 1. The zero-order valence-electron chi connectivity index (χ0n) is 18.4. The summed E-state index contributed by atoms with van der Waals surface area (Å²) in [4.78, 5) is 12.4. The Morgan fingerprint density at radius 2 is 1.45 bits per heavy atom. The van der Waals surface area contributed by atoms with E-state index in [1.54, 1.807) is 48.5 Å². The number of para-hydroxylation sites is 1. The highest BCUT2D eigenvalue weighted by Crippen LogP contribution is 2.40. The summed E-state index contributed by atoms with van der Waals surface area (Å²) in [6.07, 6.45) is 2.92. The third kappa shape index (κ3) is 5.83. The zero-order valence-corrected chi connectivity index (χ0v) is 19.2. The molecule has 172 valence electrons. The summed E-state index contributed by atoms with van der Waals surface area (Å²) in [7, 11) is 0.781. The average molecular weight is 469 g/mol. The van der Waals surface area contributed by atoms with E-state index in [0.717, 1.165) is 0 Å². The van der Waals surface area contributed by atoms with Crippen molar-refractivity contribution in [2.45, 2.75) is 4.90 Å². The van der Waals surface area contributed by atoms with Gasteiger partial charge in [0.1, 0.15) is 0 Å². The Bertz CT molecular complexity index is 1240. The van der Waals surface area contributed by atoms with E-state index in [4.69, 9.17) is 14.2 Å². The van der Waals surface area contributed by atoms with Gasteiger partial charge in [0.05, 0.1) is 26.2 Å². The maximum absolute atomic E-state index is 12.5. The van der Waals surface area contributed by atoms with Gasteiger partial charge >= 0.3 is 0 Å². The van der Waals surface area contributed by atoms with Crippen LogP contribution < -0.4 is 24.2 Å². The fraction of sp³-hybridized carbons (Fsp3) is 0.125. The molecule has 1 amide bonds. The van der Waals surface area contributed by atoms with Gasteiger partial charge in [-0.1, -0.05) is 18.2 Å². The maximum Gasteiger partial charge on any atom is 0.261 e. The van der Waals surface area contributed by atoms with Crippen LogP contribution >= 0.6 is 0 Å². The van der Waals surface area contributed by atoms with Crippen molar-refractivity contribution < 1.29 is 27.4 Å². The van der Waals surface area contributed by atoms with Gasteiger partial charge in [-0.3, -0.25) is 9.52 Å². The first-order valence-electron chi connectivity index (χ1n) is 9.84. The summed E-state index contributed by atoms with van der Waals surface area (Å²) in [5.41, 5.74) is 1.53. The monoisotopic (exact) mass is 468 g/mol. The van der Waals surface area contributed by atoms with Crippen LogP contribution in [0.25, 0.3) is 6.08 Å². The second-order valence-corrected chi connectivity index (χ2v) is 8.42. The van der Waals surface area contributed by atoms with Crippen molar-refractivity contribution in [3.63, 3.8) is 0 Å². The first-order valence-corrected chi connectivity index (χ1v) is 11.3. The molecule has 33 heavy (non-hydrogen) atoms. The zero-order chi connectivity index (χ0) is 23.8. The van der Waals surface area contributed by atoms with E-state index < -0.39 is 15.9 Å². The fourth-order valence-electron chi connectivity index (χ4n) is 3.04. The summed E-state index contributed by atoms with van der Waals surface area (Å²) in [6, 6.07) is 17.9. The molecular formula is C24H24N2O6S. The first-order chi connectivity index (χ1) is 15.9. The van der Waals surface area contributed by atoms with E-state index in [1.807, 2.05) is 0 Å². The van der Waals surface area contributed by atoms with Gasteiger partial charge in [-0.15, -0.1) is 0 Å². The molecule has 9 heteroatoms. The predicted molar refractivity (Wildman–Crippen MR) is 127 cm³/mol. The SMILES string of the molecule is COc1ccc(C=CC(=O)Nc2ccc(S(=O)(=O)Nc3ccccc3)cc2)c(OC)c1OC. The van der Waals surface area contributed by atoms with Gasteiger partial charge < -0.3 is 19.5 Å². The molecule has 0 atom stereocenters. The van der Waals surface area contributed by atoms with Gasteiger partial charge in [0.15, 0.2) is 11.5 Å². The second kappa shape index (κ2) is 10.6. The van der Waals surface area contributed by atoms with Gasteiger partial charge in [0.2, 0.25) is 11.7 Å². The van der Waals surface area contributed by atoms with Crippen LogP contribution in [-0.4, -0.2) is 35.7 Å². The van der Waals surface area contributed by atoms with E-state index in [2.05, 4.69) is 10.0 Å². The fourth-order valence-corrected chi connectivity index (χ4v) is 4.10. The van der Waals surface area contributed by atoms with Crippen LogP contribution in [-0.2, 0) is 14.8 Å². The summed E-state index contributed by atoms with van der Waals surface area (Å²) in [5.74, 6) is 0.961. The molecule has 2 N–H and O–H groups in total. The summed E-state index contributed by atoms with van der Waals surface area (Å²) in [5, 5.41) is 2.69. The summed E-state index contributed by atoms with van der Waals surface area (Å²) >= 11 is 0. The third-order valence-corrected chi connectivity index (χ3v) is 6.00. The van der Waals surface area contributed by atoms with Crippen LogP contribution in [0.15, 0.2) is 77.7 Å². The molecule has 0 fully saturated rings. The molecule has 3 aromatic rings. The van der Waals surface area contributed by atoms with Crippen LogP contribution in [0.1, 0.15) is 5.56 Å². The Kier molecular flexibility index (Phi) is 7.57. The largest absolute Gasteiger partial charge is 0.493 e. The first kappa shape index (κ1) is 23.7. The van der Waals surface area contributed by atoms with Gasteiger partial charge in [-0.25, -0.2) is 8.42 Å². The summed E-state index contributed by atoms with van der Waals surface area (Å²) < 4.78 is 43.5. The molecule has 0 radical (unpaired) electrons. The molecular weight excluding hydrogens is 444 g/mol. The third-order valence-electron chi connectivity index (χ3n) is 4.61. The lowest BCUT2D eigenvalue weighted by molar-refractivity contribution is -0.111. The van der Waals surface area contributed by atoms with Gasteiger partial charge in [0.25, 0.3) is 10.0 Å². The van der Waals surface area contributed by atoms with E-state index in [1.165, 1.54) is 51.7 Å². The second-order valence-electron chi connectivity index (χ2n) is 6.74. The number of nitrogens with one attached hydrogen (secondary N) is 2. The minimum absolute atomic E-state index is 0.0787. The highest BCUT2D eigenvalue weighted by atomic mass is 32.2. The standard InChI is InChI=1S/C24H24N2O6S/c1-30-21-15-9-17(23(31-2)24(21)32-3)10-16-22(27)25-18-11-13-20(14-12-18)33(28,29)26-19-7-5-4-6-8-19/h4-16,26H,1-3H3,(H,25,27). The average Bonchev–Trinajstić information content (AvgIpc) is 2.82. The number of carbonyl (C=O) groups is 1. The van der Waals surface area contributed by atoms with E-state index >= 15 is 0 Å². The number of benzene rings is 3. The Morgan fingerprint density at radius 3 is 2.06 bits per heavy atom. The number of hydrogen-bond donors (Lipinski definition) is 2. The number of methoxy groups -OCH3 is 3. The Balaban J connectivity index is 1.70. The predicted octanol–water partition coefficient (Wildman–Crippen LogP) is 4.17. The molecule has 0 saturated heterocycles. The van der Waals surface area contributed by atoms with Crippen molar-refractivity contribution in [3.8, 4) is 17.2 Å². The Hall–Kier alpha value is -3.98. The normalized spacial score (nSPS) is 11.1. The lowest BCUT2D eigenvalue weighted by Gasteiger charge is -2.14. The Morgan fingerprint density at radius 1 is 0.788 bits per heavy atom. The van der Waals surface area contributed by atoms with Crippen molar-refractivity contribution in [3.05, 3.63) is 78.4 Å². The van der Waals surface area contributed by atoms with Crippen molar-refractivity contribution in [2.75, 3.05) is 31.4 Å². The van der Waals surface area contributed by atoms with Crippen molar-refractivity contribution in [2.24, 2.45) is 0 Å². The molecule has 0 aliphatic rings. The molecule has 8 nitrogen and oxygen atoms in total. The number of ether oxygens (including phenoxy) is 3. The highest BCUT2D eigenvalue weighted by molar-refractivity contribution is 7.92. The van der Waals surface area contributed by atoms with Gasteiger partial charge in [-0.2, -0.15) is 0 Å². The molecule has 0 aliphatic heterocycles. The van der Waals surface area contributed by atoms with Crippen molar-refractivity contribution >= 4 is 33.4 Å². The quantitative estimate of drug-likeness (QED) is 0.457. The van der Waals surface area contributed by atoms with Crippen LogP contribution in [0.4, 0.5) is 11.4 Å². The molecule has 0 aromatic heterocycles. The van der Waals surface area contributed by atoms with Crippen molar-refractivity contribution in [1.29, 1.82) is 0 Å². The number of carbonyl (C=O) groups excluding carboxylic acids is 1. The van der Waals surface area contributed by atoms with E-state index in [0.29, 0.717) is 34.2 Å². The van der Waals surface area contributed by atoms with Crippen LogP contribution in [0.2, 0.25) is 0 Å². The van der Waals surface area contributed by atoms with E-state index in [9.17, 15) is 13.2 Å². The molecule has 3 aromatic carbocycles. The lowest BCUT2D eigenvalue weighted by Crippen LogP contribution is -2.13. The number of amides is 1. The van der Waals surface area contributed by atoms with Crippen LogP contribution in [0, 0.1) is 0 Å². The van der Waals surface area contributed by atoms with Gasteiger partial charge in [0, 0.05) is 23.0 Å². The van der Waals surface area contributed by atoms with E-state index in [-0.39, 0.29) is 4.90 Å². The molecule has 0 saturated carbocycles. The minimum atomic E-state index is -3.74. The number of rotatable bonds is 9. The highest BCUT2D eigenvalue weighted by Gasteiger charge is 2.15. The molecule has 0 unspecified atom stereocenters. The number of hydrogen-bond acceptors (Lipinski definition) is 6. The van der Waals surface area contributed by atoms with Gasteiger partial charge in [-0.05, 0) is 54.6 Å². The molecule has 0 heterocycles. The summed E-state index contributed by atoms with van der Waals surface area (Å²) in [6.45, 7) is 0. The van der Waals surface area contributed by atoms with Crippen LogP contribution in [0.5, 0.6) is 17.2 Å². The minimum Gasteiger partial charge on any atom is -0.493 e. The van der Waals surface area contributed by atoms with Crippen molar-refractivity contribution in [1.82, 2.24) is 0 Å². The molecule has 0 aliphatic carbocycles. The molecule has 0 bridgehead atoms. The Labute approximate surface area is 192 Å². The smallest absolute Gasteiger partial charge is 0.261 e. The number of anilines is 2. The maximum atomic E-state index is 12.5. The topological polar surface area (TPSA) is 103 Å². The molecule has 0 spiro atoms. The molecule has 3 rings (SSSR count). The van der Waals surface area contributed by atoms with Crippen LogP contribution in [0.3, 0.4) is 0 Å². The lowest BCUT2D eigenvalue weighted by atomic mass is 10.1.